The number of ketones is 1. The van der Waals surface area contributed by atoms with Gasteiger partial charge in [-0.15, -0.1) is 0 Å². The van der Waals surface area contributed by atoms with Crippen molar-refractivity contribution < 1.29 is 22.7 Å². The quantitative estimate of drug-likeness (QED) is 0.287. The molecule has 4 aromatic carbocycles. The second-order valence-electron chi connectivity index (χ2n) is 8.76. The molecule has 0 unspecified atom stereocenters. The van der Waals surface area contributed by atoms with Crippen molar-refractivity contribution >= 4 is 21.6 Å². The molecule has 0 amide bonds. The zero-order valence-corrected chi connectivity index (χ0v) is 20.8. The van der Waals surface area contributed by atoms with E-state index in [1.54, 1.807) is 23.0 Å². The second kappa shape index (κ2) is 9.24. The third-order valence-corrected chi connectivity index (χ3v) is 8.24. The zero-order chi connectivity index (χ0) is 26.3. The summed E-state index contributed by atoms with van der Waals surface area (Å²) in [5.74, 6) is -1.10. The summed E-state index contributed by atoms with van der Waals surface area (Å²) in [6.07, 6.45) is 1.80. The van der Waals surface area contributed by atoms with Gasteiger partial charge in [-0.2, -0.15) is 5.10 Å². The van der Waals surface area contributed by atoms with Gasteiger partial charge in [0.05, 0.1) is 26.7 Å². The Bertz CT molecular complexity index is 1810. The lowest BCUT2D eigenvalue weighted by molar-refractivity contribution is 0.0472. The highest BCUT2D eigenvalue weighted by Crippen LogP contribution is 2.35. The first-order valence-electron chi connectivity index (χ1n) is 11.8. The molecule has 0 N–H and O–H groups in total. The van der Waals surface area contributed by atoms with E-state index in [1.807, 2.05) is 60.7 Å². The van der Waals surface area contributed by atoms with Gasteiger partial charge in [0.2, 0.25) is 9.84 Å². The molecule has 1 aliphatic rings. The van der Waals surface area contributed by atoms with Crippen molar-refractivity contribution in [1.29, 1.82) is 0 Å². The molecule has 0 atom stereocenters. The number of aromatic nitrogens is 2. The molecule has 0 radical (unpaired) electrons. The number of rotatable bonds is 5. The smallest absolute Gasteiger partial charge is 0.338 e. The monoisotopic (exact) mass is 520 g/mol. The lowest BCUT2D eigenvalue weighted by Crippen LogP contribution is -2.21. The molecule has 0 spiro atoms. The normalized spacial score (nSPS) is 13.4. The summed E-state index contributed by atoms with van der Waals surface area (Å²) in [5, 5.41) is 4.72. The van der Waals surface area contributed by atoms with Gasteiger partial charge >= 0.3 is 5.97 Å². The van der Waals surface area contributed by atoms with Crippen molar-refractivity contribution in [3.8, 4) is 16.9 Å². The van der Waals surface area contributed by atoms with Crippen LogP contribution in [0.5, 0.6) is 0 Å². The van der Waals surface area contributed by atoms with Crippen LogP contribution in [0.3, 0.4) is 0 Å². The molecule has 0 saturated heterocycles. The molecule has 0 fully saturated rings. The fourth-order valence-electron chi connectivity index (χ4n) is 4.51. The molecular formula is C30H20N2O5S. The minimum atomic E-state index is -3.97. The van der Waals surface area contributed by atoms with Crippen LogP contribution in [0.1, 0.15) is 31.8 Å². The number of benzene rings is 4. The lowest BCUT2D eigenvalue weighted by atomic mass is 10.0. The molecule has 5 aromatic rings. The predicted molar refractivity (Wildman–Crippen MR) is 140 cm³/mol. The van der Waals surface area contributed by atoms with Crippen molar-refractivity contribution in [2.75, 3.05) is 0 Å². The number of nitrogens with zero attached hydrogens (tertiary/aromatic N) is 2. The van der Waals surface area contributed by atoms with Gasteiger partial charge < -0.3 is 4.74 Å². The van der Waals surface area contributed by atoms with Crippen LogP contribution in [-0.4, -0.2) is 30.0 Å². The highest BCUT2D eigenvalue weighted by atomic mass is 32.2. The molecule has 0 bridgehead atoms. The summed E-state index contributed by atoms with van der Waals surface area (Å²) in [4.78, 5) is 25.7. The Morgan fingerprint density at radius 2 is 1.45 bits per heavy atom. The van der Waals surface area contributed by atoms with E-state index in [4.69, 9.17) is 9.84 Å². The topological polar surface area (TPSA) is 95.3 Å². The Labute approximate surface area is 218 Å². The van der Waals surface area contributed by atoms with Crippen LogP contribution in [0.15, 0.2) is 119 Å². The molecule has 186 valence electrons. The third-order valence-electron chi connectivity index (χ3n) is 6.39. The van der Waals surface area contributed by atoms with E-state index in [0.717, 1.165) is 11.3 Å². The largest absolute Gasteiger partial charge is 0.457 e. The van der Waals surface area contributed by atoms with Gasteiger partial charge in [-0.25, -0.2) is 17.9 Å². The molecule has 38 heavy (non-hydrogen) atoms. The minimum Gasteiger partial charge on any atom is -0.457 e. The summed E-state index contributed by atoms with van der Waals surface area (Å²) < 4.78 is 33.8. The highest BCUT2D eigenvalue weighted by molar-refractivity contribution is 7.91. The van der Waals surface area contributed by atoms with E-state index >= 15 is 0 Å². The van der Waals surface area contributed by atoms with Crippen molar-refractivity contribution in [2.45, 2.75) is 16.4 Å². The summed E-state index contributed by atoms with van der Waals surface area (Å²) in [6, 6.07) is 29.2. The maximum absolute atomic E-state index is 13.2. The summed E-state index contributed by atoms with van der Waals surface area (Å²) >= 11 is 0. The first kappa shape index (κ1) is 23.6. The van der Waals surface area contributed by atoms with Crippen molar-refractivity contribution in [3.63, 3.8) is 0 Å². The van der Waals surface area contributed by atoms with Crippen LogP contribution in [0, 0.1) is 0 Å². The summed E-state index contributed by atoms with van der Waals surface area (Å²) in [5.41, 5.74) is 3.27. The van der Waals surface area contributed by atoms with Crippen molar-refractivity contribution in [2.24, 2.45) is 0 Å². The van der Waals surface area contributed by atoms with Gasteiger partial charge in [-0.1, -0.05) is 60.7 Å². The SMILES string of the molecule is O=C(OCc1cn(-c2ccccc2)nc1-c1ccccc1)c1ccc2c(c1)S(=O)(=O)c1ccccc1C2=O. The minimum absolute atomic E-state index is 0.0377. The van der Waals surface area contributed by atoms with E-state index in [9.17, 15) is 18.0 Å². The van der Waals surface area contributed by atoms with Gasteiger partial charge in [0.1, 0.15) is 6.61 Å². The Hall–Kier alpha value is -4.82. The van der Waals surface area contributed by atoms with Gasteiger partial charge in [0, 0.05) is 28.5 Å². The number of para-hydroxylation sites is 1. The Morgan fingerprint density at radius 3 is 2.21 bits per heavy atom. The number of fused-ring (bicyclic) bond motifs is 2. The number of carbonyl (C=O) groups excluding carboxylic acids is 2. The van der Waals surface area contributed by atoms with E-state index in [0.29, 0.717) is 11.3 Å². The van der Waals surface area contributed by atoms with E-state index in [-0.39, 0.29) is 33.1 Å². The Morgan fingerprint density at radius 1 is 0.789 bits per heavy atom. The maximum Gasteiger partial charge on any atom is 0.338 e. The van der Waals surface area contributed by atoms with Gasteiger partial charge in [0.25, 0.3) is 0 Å². The van der Waals surface area contributed by atoms with Crippen LogP contribution in [-0.2, 0) is 21.2 Å². The van der Waals surface area contributed by atoms with E-state index in [2.05, 4.69) is 0 Å². The summed E-state index contributed by atoms with van der Waals surface area (Å²) in [7, 11) is -3.97. The molecule has 1 aliphatic heterocycles. The first-order valence-corrected chi connectivity index (χ1v) is 13.3. The molecule has 0 aliphatic carbocycles. The van der Waals surface area contributed by atoms with E-state index in [1.165, 1.54) is 30.3 Å². The second-order valence-corrected chi connectivity index (χ2v) is 10.7. The average Bonchev–Trinajstić information content (AvgIpc) is 3.40. The lowest BCUT2D eigenvalue weighted by Gasteiger charge is -2.19. The molecule has 2 heterocycles. The number of carbonyl (C=O) groups is 2. The Kier molecular flexibility index (Phi) is 5.73. The zero-order valence-electron chi connectivity index (χ0n) is 19.9. The number of sulfone groups is 1. The van der Waals surface area contributed by atoms with E-state index < -0.39 is 21.6 Å². The third kappa shape index (κ3) is 4.01. The van der Waals surface area contributed by atoms with Crippen LogP contribution < -0.4 is 0 Å². The summed E-state index contributed by atoms with van der Waals surface area (Å²) in [6.45, 7) is -0.0819. The van der Waals surface area contributed by atoms with Gasteiger partial charge in [-0.05, 0) is 42.5 Å². The number of esters is 1. The number of hydrogen-bond donors (Lipinski definition) is 0. The average molecular weight is 521 g/mol. The first-order chi connectivity index (χ1) is 18.4. The predicted octanol–water partition coefficient (Wildman–Crippen LogP) is 5.27. The highest BCUT2D eigenvalue weighted by Gasteiger charge is 2.35. The van der Waals surface area contributed by atoms with Crippen LogP contribution in [0.25, 0.3) is 16.9 Å². The molecular weight excluding hydrogens is 500 g/mol. The fraction of sp³-hybridized carbons (Fsp3) is 0.0333. The van der Waals surface area contributed by atoms with Crippen LogP contribution in [0.2, 0.25) is 0 Å². The van der Waals surface area contributed by atoms with Gasteiger partial charge in [0.15, 0.2) is 5.78 Å². The fourth-order valence-corrected chi connectivity index (χ4v) is 6.18. The molecule has 8 heteroatoms. The van der Waals surface area contributed by atoms with Crippen molar-refractivity contribution in [3.05, 3.63) is 132 Å². The number of hydrogen-bond acceptors (Lipinski definition) is 6. The van der Waals surface area contributed by atoms with Gasteiger partial charge in [-0.3, -0.25) is 4.79 Å². The maximum atomic E-state index is 13.2. The molecule has 0 saturated carbocycles. The van der Waals surface area contributed by atoms with Crippen molar-refractivity contribution in [1.82, 2.24) is 9.78 Å². The Balaban J connectivity index is 1.31. The van der Waals surface area contributed by atoms with Crippen LogP contribution in [0.4, 0.5) is 0 Å². The molecule has 1 aromatic heterocycles. The number of ether oxygens (including phenoxy) is 1. The standard InChI is InChI=1S/C30H20N2O5S/c33-29-24-13-7-8-14-26(24)38(35,36)27-17-21(15-16-25(27)29)30(34)37-19-22-18-32(23-11-5-2-6-12-23)31-28(22)20-9-3-1-4-10-20/h1-18H,19H2. The molecule has 6 rings (SSSR count). The van der Waals surface area contributed by atoms with Crippen LogP contribution >= 0.6 is 0 Å². The molecule has 7 nitrogen and oxygen atoms in total.